The number of nitrogens with zero attached hydrogens (tertiary/aromatic N) is 1. The van der Waals surface area contributed by atoms with E-state index in [0.717, 1.165) is 9.85 Å². The van der Waals surface area contributed by atoms with Crippen LogP contribution in [0.4, 0.5) is 10.1 Å². The highest BCUT2D eigenvalue weighted by molar-refractivity contribution is 9.11. The normalized spacial score (nSPS) is 10.4. The Morgan fingerprint density at radius 3 is 2.76 bits per heavy atom. The van der Waals surface area contributed by atoms with Crippen molar-refractivity contribution in [2.75, 3.05) is 6.61 Å². The molecular formula is C13H9BrFNO4S. The number of thiophene rings is 1. The zero-order chi connectivity index (χ0) is 15.6. The standard InChI is InChI=1S/C13H9BrFNO4S/c1-7-4-11(8(15)5-9(7)16(18)19)20-6-10(17)12-2-3-13(14)21-12/h2-5H,6H2,1H3. The number of Topliss-reactive ketones (excluding diaryl/α,β-unsaturated/α-hetero) is 1. The average molecular weight is 374 g/mol. The average Bonchev–Trinajstić information content (AvgIpc) is 2.85. The molecular weight excluding hydrogens is 365 g/mol. The van der Waals surface area contributed by atoms with Crippen molar-refractivity contribution in [1.29, 1.82) is 0 Å². The molecule has 0 fully saturated rings. The van der Waals surface area contributed by atoms with Gasteiger partial charge in [-0.05, 0) is 41.1 Å². The number of ketones is 1. The van der Waals surface area contributed by atoms with Crippen molar-refractivity contribution in [3.63, 3.8) is 0 Å². The van der Waals surface area contributed by atoms with Gasteiger partial charge in [0, 0.05) is 5.56 Å². The van der Waals surface area contributed by atoms with Crippen LogP contribution < -0.4 is 4.74 Å². The van der Waals surface area contributed by atoms with E-state index in [1.165, 1.54) is 24.3 Å². The summed E-state index contributed by atoms with van der Waals surface area (Å²) < 4.78 is 19.6. The first kappa shape index (κ1) is 15.6. The molecule has 0 saturated heterocycles. The second-order valence-corrected chi connectivity index (χ2v) is 6.60. The van der Waals surface area contributed by atoms with Crippen LogP contribution >= 0.6 is 27.3 Å². The maximum absolute atomic E-state index is 13.7. The molecule has 21 heavy (non-hydrogen) atoms. The van der Waals surface area contributed by atoms with Gasteiger partial charge in [-0.25, -0.2) is 4.39 Å². The third-order valence-electron chi connectivity index (χ3n) is 2.65. The van der Waals surface area contributed by atoms with Crippen molar-refractivity contribution in [3.8, 4) is 5.75 Å². The maximum atomic E-state index is 13.7. The molecule has 0 unspecified atom stereocenters. The van der Waals surface area contributed by atoms with Gasteiger partial charge in [-0.3, -0.25) is 14.9 Å². The molecule has 0 radical (unpaired) electrons. The first-order chi connectivity index (χ1) is 9.88. The van der Waals surface area contributed by atoms with Gasteiger partial charge in [0.25, 0.3) is 5.69 Å². The largest absolute Gasteiger partial charge is 0.482 e. The maximum Gasteiger partial charge on any atom is 0.275 e. The van der Waals surface area contributed by atoms with Crippen LogP contribution in [-0.2, 0) is 0 Å². The van der Waals surface area contributed by atoms with Crippen molar-refractivity contribution in [2.45, 2.75) is 6.92 Å². The molecule has 2 aromatic rings. The van der Waals surface area contributed by atoms with Crippen molar-refractivity contribution in [2.24, 2.45) is 0 Å². The number of nitro benzene ring substituents is 1. The third kappa shape index (κ3) is 3.64. The molecule has 0 spiro atoms. The van der Waals surface area contributed by atoms with E-state index in [1.807, 2.05) is 0 Å². The first-order valence-electron chi connectivity index (χ1n) is 5.74. The van der Waals surface area contributed by atoms with E-state index in [2.05, 4.69) is 15.9 Å². The molecule has 0 aliphatic carbocycles. The van der Waals surface area contributed by atoms with Gasteiger partial charge in [-0.2, -0.15) is 0 Å². The van der Waals surface area contributed by atoms with Crippen molar-refractivity contribution in [1.82, 2.24) is 0 Å². The minimum absolute atomic E-state index is 0.179. The van der Waals surface area contributed by atoms with E-state index >= 15 is 0 Å². The summed E-state index contributed by atoms with van der Waals surface area (Å²) in [4.78, 5) is 22.3. The first-order valence-corrected chi connectivity index (χ1v) is 7.35. The van der Waals surface area contributed by atoms with Crippen LogP contribution in [0.15, 0.2) is 28.1 Å². The fourth-order valence-corrected chi connectivity index (χ4v) is 2.94. The molecule has 0 bridgehead atoms. The molecule has 0 amide bonds. The summed E-state index contributed by atoms with van der Waals surface area (Å²) in [5, 5.41) is 10.7. The third-order valence-corrected chi connectivity index (χ3v) is 4.32. The molecule has 0 N–H and O–H groups in total. The topological polar surface area (TPSA) is 69.4 Å². The molecule has 0 saturated carbocycles. The number of nitro groups is 1. The summed E-state index contributed by atoms with van der Waals surface area (Å²) in [7, 11) is 0. The Morgan fingerprint density at radius 1 is 1.48 bits per heavy atom. The number of aryl methyl sites for hydroxylation is 1. The highest BCUT2D eigenvalue weighted by Crippen LogP contribution is 2.27. The second-order valence-electron chi connectivity index (χ2n) is 4.14. The van der Waals surface area contributed by atoms with E-state index in [1.54, 1.807) is 12.1 Å². The lowest BCUT2D eigenvalue weighted by Gasteiger charge is -2.07. The Balaban J connectivity index is 2.12. The minimum atomic E-state index is -0.868. The Labute approximate surface area is 131 Å². The van der Waals surface area contributed by atoms with Crippen LogP contribution in [0.5, 0.6) is 5.75 Å². The molecule has 0 aliphatic rings. The predicted molar refractivity (Wildman–Crippen MR) is 79.6 cm³/mol. The smallest absolute Gasteiger partial charge is 0.275 e. The van der Waals surface area contributed by atoms with E-state index < -0.39 is 10.7 Å². The molecule has 5 nitrogen and oxygen atoms in total. The molecule has 2 rings (SSSR count). The van der Waals surface area contributed by atoms with Crippen molar-refractivity contribution in [3.05, 3.63) is 54.4 Å². The summed E-state index contributed by atoms with van der Waals surface area (Å²) in [6.07, 6.45) is 0. The van der Waals surface area contributed by atoms with Gasteiger partial charge in [0.15, 0.2) is 18.2 Å². The molecule has 0 atom stereocenters. The number of carbonyl (C=O) groups is 1. The second kappa shape index (κ2) is 6.31. The Hall–Kier alpha value is -1.80. The summed E-state index contributed by atoms with van der Waals surface area (Å²) in [5.74, 6) is -1.34. The van der Waals surface area contributed by atoms with Crippen LogP contribution in [0, 0.1) is 22.9 Å². The van der Waals surface area contributed by atoms with Gasteiger partial charge < -0.3 is 4.74 Å². The number of hydrogen-bond acceptors (Lipinski definition) is 5. The van der Waals surface area contributed by atoms with Crippen LogP contribution in [0.1, 0.15) is 15.2 Å². The van der Waals surface area contributed by atoms with Gasteiger partial charge in [-0.1, -0.05) is 0 Å². The fraction of sp³-hybridized carbons (Fsp3) is 0.154. The lowest BCUT2D eigenvalue weighted by atomic mass is 10.2. The van der Waals surface area contributed by atoms with Crippen LogP contribution in [-0.4, -0.2) is 17.3 Å². The van der Waals surface area contributed by atoms with Crippen molar-refractivity contribution >= 4 is 38.7 Å². The van der Waals surface area contributed by atoms with E-state index in [4.69, 9.17) is 4.74 Å². The lowest BCUT2D eigenvalue weighted by Crippen LogP contribution is -2.11. The molecule has 0 aliphatic heterocycles. The van der Waals surface area contributed by atoms with E-state index in [0.29, 0.717) is 4.88 Å². The quantitative estimate of drug-likeness (QED) is 0.448. The highest BCUT2D eigenvalue weighted by atomic mass is 79.9. The predicted octanol–water partition coefficient (Wildman–Crippen LogP) is 4.13. The monoisotopic (exact) mass is 373 g/mol. The van der Waals surface area contributed by atoms with Gasteiger partial charge >= 0.3 is 0 Å². The van der Waals surface area contributed by atoms with Gasteiger partial charge in [0.2, 0.25) is 5.78 Å². The summed E-state index contributed by atoms with van der Waals surface area (Å²) in [6, 6.07) is 5.37. The van der Waals surface area contributed by atoms with Crippen LogP contribution in [0.3, 0.4) is 0 Å². The lowest BCUT2D eigenvalue weighted by molar-refractivity contribution is -0.385. The molecule has 110 valence electrons. The van der Waals surface area contributed by atoms with E-state index in [-0.39, 0.29) is 29.4 Å². The fourth-order valence-electron chi connectivity index (χ4n) is 1.63. The number of ether oxygens (including phenoxy) is 1. The van der Waals surface area contributed by atoms with Gasteiger partial charge in [0.05, 0.1) is 19.7 Å². The van der Waals surface area contributed by atoms with Crippen LogP contribution in [0.25, 0.3) is 0 Å². The van der Waals surface area contributed by atoms with Gasteiger partial charge in [-0.15, -0.1) is 11.3 Å². The number of benzene rings is 1. The molecule has 8 heteroatoms. The number of halogens is 2. The number of hydrogen-bond donors (Lipinski definition) is 0. The summed E-state index contributed by atoms with van der Waals surface area (Å²) in [5.41, 5.74) is -0.0592. The molecule has 1 aromatic heterocycles. The zero-order valence-electron chi connectivity index (χ0n) is 10.8. The summed E-state index contributed by atoms with van der Waals surface area (Å²) in [6.45, 7) is 1.14. The Kier molecular flexibility index (Phi) is 4.69. The van der Waals surface area contributed by atoms with Crippen LogP contribution in [0.2, 0.25) is 0 Å². The SMILES string of the molecule is Cc1cc(OCC(=O)c2ccc(Br)s2)c(F)cc1[N+](=O)[O-]. The number of carbonyl (C=O) groups excluding carboxylic acids is 1. The van der Waals surface area contributed by atoms with E-state index in [9.17, 15) is 19.3 Å². The van der Waals surface area contributed by atoms with Crippen molar-refractivity contribution < 1.29 is 18.8 Å². The molecule has 1 heterocycles. The Morgan fingerprint density at radius 2 is 2.19 bits per heavy atom. The van der Waals surface area contributed by atoms with Gasteiger partial charge in [0.1, 0.15) is 0 Å². The minimum Gasteiger partial charge on any atom is -0.482 e. The molecule has 1 aromatic carbocycles. The zero-order valence-corrected chi connectivity index (χ0v) is 13.2. The highest BCUT2D eigenvalue weighted by Gasteiger charge is 2.17. The number of rotatable bonds is 5. The Bertz CT molecular complexity index is 716. The summed E-state index contributed by atoms with van der Waals surface area (Å²) >= 11 is 4.49.